The van der Waals surface area contributed by atoms with Gasteiger partial charge in [0.1, 0.15) is 0 Å². The second kappa shape index (κ2) is 15.2. The van der Waals surface area contributed by atoms with Crippen molar-refractivity contribution >= 4 is 65.7 Å². The lowest BCUT2D eigenvalue weighted by Gasteiger charge is -2.33. The molecule has 5 rings (SSSR count). The minimum Gasteiger partial charge on any atom is -0.369 e. The van der Waals surface area contributed by atoms with Gasteiger partial charge in [-0.15, -0.1) is 11.3 Å². The van der Waals surface area contributed by atoms with Crippen molar-refractivity contribution in [1.29, 1.82) is 0 Å². The molecule has 0 spiro atoms. The number of aliphatic imine (C=N–C) groups is 1. The van der Waals surface area contributed by atoms with Gasteiger partial charge < -0.3 is 16.0 Å². The number of ketones is 1. The molecule has 258 valence electrons. The molecule has 1 aliphatic rings. The van der Waals surface area contributed by atoms with E-state index in [9.17, 15) is 31.2 Å². The number of carbonyl (C=O) groups is 3. The van der Waals surface area contributed by atoms with Gasteiger partial charge in [0.15, 0.2) is 5.01 Å². The predicted molar refractivity (Wildman–Crippen MR) is 185 cm³/mol. The van der Waals surface area contributed by atoms with E-state index in [1.165, 1.54) is 29.3 Å². The van der Waals surface area contributed by atoms with Crippen LogP contribution in [0.1, 0.15) is 28.2 Å². The molecule has 4 N–H and O–H groups in total. The Morgan fingerprint density at radius 2 is 1.71 bits per heavy atom. The zero-order valence-electron chi connectivity index (χ0n) is 26.5. The van der Waals surface area contributed by atoms with Gasteiger partial charge in [-0.3, -0.25) is 19.4 Å². The van der Waals surface area contributed by atoms with Crippen molar-refractivity contribution in [2.24, 2.45) is 10.7 Å². The van der Waals surface area contributed by atoms with Crippen LogP contribution in [0.5, 0.6) is 0 Å². The number of Topliss-reactive ketones (excluding diaryl/α,β-unsaturated/α-hetero) is 1. The van der Waals surface area contributed by atoms with Crippen molar-refractivity contribution < 1.29 is 31.2 Å². The van der Waals surface area contributed by atoms with Gasteiger partial charge in [-0.2, -0.15) is 4.31 Å². The monoisotopic (exact) mass is 725 g/mol. The molecule has 1 unspecified atom stereocenters. The second-order valence-electron chi connectivity index (χ2n) is 11.3. The molecule has 4 aromatic rings. The minimum atomic E-state index is -3.96. The van der Waals surface area contributed by atoms with Gasteiger partial charge in [-0.05, 0) is 54.8 Å². The highest BCUT2D eigenvalue weighted by Gasteiger charge is 2.34. The lowest BCUT2D eigenvalue weighted by atomic mass is 10.1. The smallest absolute Gasteiger partial charge is 0.264 e. The van der Waals surface area contributed by atoms with Crippen molar-refractivity contribution in [1.82, 2.24) is 24.2 Å². The molecule has 0 radical (unpaired) electrons. The van der Waals surface area contributed by atoms with Crippen LogP contribution in [0.3, 0.4) is 0 Å². The van der Waals surface area contributed by atoms with Crippen molar-refractivity contribution in [2.75, 3.05) is 32.7 Å². The molecule has 49 heavy (non-hydrogen) atoms. The summed E-state index contributed by atoms with van der Waals surface area (Å²) >= 11 is 1.11. The first-order valence-corrected chi connectivity index (χ1v) is 19.0. The molecule has 2 amide bonds. The third-order valence-corrected chi connectivity index (χ3v) is 11.8. The van der Waals surface area contributed by atoms with E-state index >= 15 is 0 Å². The Morgan fingerprint density at radius 1 is 1.00 bits per heavy atom. The van der Waals surface area contributed by atoms with E-state index in [4.69, 9.17) is 5.73 Å². The van der Waals surface area contributed by atoms with Crippen LogP contribution < -0.4 is 15.8 Å². The van der Waals surface area contributed by atoms with E-state index < -0.39 is 50.2 Å². The van der Waals surface area contributed by atoms with Crippen LogP contribution in [0.4, 0.5) is 0 Å². The fourth-order valence-corrected chi connectivity index (χ4v) is 8.15. The van der Waals surface area contributed by atoms with Crippen LogP contribution in [-0.2, 0) is 29.6 Å². The number of sulfonamides is 2. The number of nitrogens with one attached hydrogen (secondary N) is 2. The quantitative estimate of drug-likeness (QED) is 0.0797. The van der Waals surface area contributed by atoms with Crippen LogP contribution in [0.15, 0.2) is 93.1 Å². The predicted octanol–water partition coefficient (Wildman–Crippen LogP) is 1.88. The van der Waals surface area contributed by atoms with E-state index in [1.807, 2.05) is 31.2 Å². The van der Waals surface area contributed by atoms with Crippen molar-refractivity contribution in [3.8, 4) is 0 Å². The van der Waals surface area contributed by atoms with Crippen LogP contribution in [0.25, 0.3) is 10.8 Å². The average Bonchev–Trinajstić information content (AvgIpc) is 3.62. The third kappa shape index (κ3) is 8.86. The van der Waals surface area contributed by atoms with Crippen molar-refractivity contribution in [3.05, 3.63) is 88.9 Å². The van der Waals surface area contributed by atoms with Gasteiger partial charge in [-0.1, -0.05) is 48.0 Å². The van der Waals surface area contributed by atoms with E-state index in [0.717, 1.165) is 32.0 Å². The number of amides is 2. The fraction of sp³-hybridized carbons (Fsp3) is 0.281. The molecule has 1 fully saturated rings. The average molecular weight is 726 g/mol. The van der Waals surface area contributed by atoms with Gasteiger partial charge in [0, 0.05) is 31.2 Å². The number of hydrogen-bond donors (Lipinski definition) is 3. The zero-order chi connectivity index (χ0) is 35.2. The summed E-state index contributed by atoms with van der Waals surface area (Å²) < 4.78 is 55.1. The Hall–Kier alpha value is -4.71. The number of piperazine rings is 1. The Balaban J connectivity index is 1.16. The maximum absolute atomic E-state index is 13.3. The van der Waals surface area contributed by atoms with Crippen LogP contribution >= 0.6 is 11.3 Å². The number of nitrogens with zero attached hydrogens (tertiary/aromatic N) is 4. The van der Waals surface area contributed by atoms with E-state index in [0.29, 0.717) is 0 Å². The minimum absolute atomic E-state index is 0.0112. The third-order valence-electron chi connectivity index (χ3n) is 7.77. The first kappa shape index (κ1) is 35.6. The summed E-state index contributed by atoms with van der Waals surface area (Å²) in [6.07, 6.45) is 1.84. The second-order valence-corrected chi connectivity index (χ2v) is 15.8. The van der Waals surface area contributed by atoms with Crippen molar-refractivity contribution in [3.63, 3.8) is 0 Å². The standard InChI is InChI=1S/C32H35N7O7S3/c1-22-8-11-25(12-9-22)48(43,44)37-32(33)35-14-4-7-27(30(42)31-34-15-18-47-31)36-28(40)20-38-16-17-39(21-29(38)41)49(45,46)26-13-10-23-5-2-3-6-24(23)19-26/h2-3,5-6,8-13,15,18-19,27H,4,7,14,16-17,20-21H2,1H3,(H,36,40)(H3,33,35,37). The lowest BCUT2D eigenvalue weighted by Crippen LogP contribution is -2.55. The molecule has 0 saturated carbocycles. The largest absolute Gasteiger partial charge is 0.369 e. The van der Waals surface area contributed by atoms with Gasteiger partial charge in [0.25, 0.3) is 10.0 Å². The van der Waals surface area contributed by atoms with E-state index in [2.05, 4.69) is 20.0 Å². The Bertz CT molecular complexity index is 2090. The summed E-state index contributed by atoms with van der Waals surface area (Å²) in [4.78, 5) is 48.7. The number of aryl methyl sites for hydroxylation is 1. The van der Waals surface area contributed by atoms with Gasteiger partial charge in [-0.25, -0.2) is 26.5 Å². The number of aromatic nitrogens is 1. The summed E-state index contributed by atoms with van der Waals surface area (Å²) in [7, 11) is -7.90. The Kier molecular flexibility index (Phi) is 11.1. The number of rotatable bonds is 13. The number of thiazole rings is 1. The molecule has 0 aliphatic carbocycles. The number of carbonyl (C=O) groups excluding carboxylic acids is 3. The Morgan fingerprint density at radius 3 is 2.41 bits per heavy atom. The summed E-state index contributed by atoms with van der Waals surface area (Å²) in [6, 6.07) is 17.3. The summed E-state index contributed by atoms with van der Waals surface area (Å²) in [5, 5.41) is 6.12. The number of fused-ring (bicyclic) bond motifs is 1. The first-order valence-electron chi connectivity index (χ1n) is 15.2. The molecule has 0 bridgehead atoms. The van der Waals surface area contributed by atoms with Gasteiger partial charge in [0.2, 0.25) is 33.6 Å². The molecule has 1 aliphatic heterocycles. The summed E-state index contributed by atoms with van der Waals surface area (Å²) in [5.74, 6) is -1.92. The molecule has 14 nitrogen and oxygen atoms in total. The summed E-state index contributed by atoms with van der Waals surface area (Å²) in [6.45, 7) is 1.04. The maximum Gasteiger partial charge on any atom is 0.264 e. The Labute approximate surface area is 288 Å². The zero-order valence-corrected chi connectivity index (χ0v) is 28.9. The van der Waals surface area contributed by atoms with E-state index in [-0.39, 0.29) is 59.8 Å². The topological polar surface area (TPSA) is 201 Å². The van der Waals surface area contributed by atoms with Crippen LogP contribution in [0, 0.1) is 6.92 Å². The molecular weight excluding hydrogens is 691 g/mol. The molecule has 17 heteroatoms. The molecular formula is C32H35N7O7S3. The lowest BCUT2D eigenvalue weighted by molar-refractivity contribution is -0.138. The highest BCUT2D eigenvalue weighted by molar-refractivity contribution is 7.90. The highest BCUT2D eigenvalue weighted by Crippen LogP contribution is 2.23. The molecule has 1 aromatic heterocycles. The fourth-order valence-electron chi connectivity index (χ4n) is 5.15. The molecule has 1 atom stereocenters. The highest BCUT2D eigenvalue weighted by atomic mass is 32.2. The number of guanidine groups is 1. The van der Waals surface area contributed by atoms with E-state index in [1.54, 1.807) is 29.6 Å². The number of benzene rings is 3. The normalized spacial score (nSPS) is 15.2. The maximum atomic E-state index is 13.3. The number of nitrogens with two attached hydrogens (primary N) is 1. The SMILES string of the molecule is Cc1ccc(S(=O)(=O)NC(N)=NCCCC(NC(=O)CN2CCN(S(=O)(=O)c3ccc4ccccc4c3)CC2=O)C(=O)c2nccs2)cc1. The van der Waals surface area contributed by atoms with Crippen LogP contribution in [0.2, 0.25) is 0 Å². The molecule has 3 aromatic carbocycles. The number of hydrogen-bond acceptors (Lipinski definition) is 10. The van der Waals surface area contributed by atoms with Gasteiger partial charge >= 0.3 is 0 Å². The van der Waals surface area contributed by atoms with Gasteiger partial charge in [0.05, 0.1) is 28.9 Å². The first-order chi connectivity index (χ1) is 23.3. The molecule has 1 saturated heterocycles. The summed E-state index contributed by atoms with van der Waals surface area (Å²) in [5.41, 5.74) is 6.70. The van der Waals surface area contributed by atoms with Crippen LogP contribution in [-0.4, -0.2) is 93.3 Å². The van der Waals surface area contributed by atoms with Crippen molar-refractivity contribution in [2.45, 2.75) is 35.6 Å². The molecule has 2 heterocycles.